The van der Waals surface area contributed by atoms with Crippen LogP contribution in [0.15, 0.2) is 0 Å². The fraction of sp³-hybridized carbons (Fsp3) is 0.833. The van der Waals surface area contributed by atoms with Crippen molar-refractivity contribution in [2.45, 2.75) is 26.6 Å². The van der Waals surface area contributed by atoms with Crippen molar-refractivity contribution < 1.29 is 19.1 Å². The number of carbonyl (C=O) groups is 1. The summed E-state index contributed by atoms with van der Waals surface area (Å²) in [7, 11) is -4.72. The highest BCUT2D eigenvalue weighted by Gasteiger charge is 2.17. The molecule has 0 bridgehead atoms. The number of hydrogen-bond acceptors (Lipinski definition) is 4. The van der Waals surface area contributed by atoms with Crippen molar-refractivity contribution in [1.82, 2.24) is 5.32 Å². The largest absolute Gasteiger partial charge is 0.809 e. The molecule has 0 saturated carbocycles. The monoisotopic (exact) mass is 193 g/mol. The minimum atomic E-state index is -4.72. The Labute approximate surface area is 71.3 Å². The van der Waals surface area contributed by atoms with E-state index in [0.717, 1.165) is 0 Å². The summed E-state index contributed by atoms with van der Waals surface area (Å²) in [4.78, 5) is 31.6. The fourth-order valence-electron chi connectivity index (χ4n) is 0.819. The summed E-state index contributed by atoms with van der Waals surface area (Å²) in [5.41, 5.74) is 0. The van der Waals surface area contributed by atoms with Crippen molar-refractivity contribution in [2.24, 2.45) is 5.92 Å². The highest BCUT2D eigenvalue weighted by Crippen LogP contribution is 2.34. The Morgan fingerprint density at radius 2 is 1.83 bits per heavy atom. The van der Waals surface area contributed by atoms with Crippen LogP contribution in [0.25, 0.3) is 0 Å². The van der Waals surface area contributed by atoms with Gasteiger partial charge in [-0.2, -0.15) is 0 Å². The van der Waals surface area contributed by atoms with Gasteiger partial charge in [0.25, 0.3) is 0 Å². The Morgan fingerprint density at radius 1 is 1.42 bits per heavy atom. The minimum absolute atomic E-state index is 0.408. The molecule has 0 saturated heterocycles. The third kappa shape index (κ3) is 3.85. The Balaban J connectivity index is 4.46. The molecule has 0 rings (SSSR count). The molecule has 0 aliphatic carbocycles. The van der Waals surface area contributed by atoms with Gasteiger partial charge in [-0.05, 0) is 13.5 Å². The third-order valence-electron chi connectivity index (χ3n) is 1.32. The second-order valence-corrected chi connectivity index (χ2v) is 4.57. The molecule has 12 heavy (non-hydrogen) atoms. The van der Waals surface area contributed by atoms with Crippen LogP contribution in [0.4, 0.5) is 0 Å². The molecule has 1 amide bonds. The zero-order chi connectivity index (χ0) is 9.94. The van der Waals surface area contributed by atoms with E-state index in [1.54, 1.807) is 13.8 Å². The van der Waals surface area contributed by atoms with Gasteiger partial charge in [-0.25, -0.2) is 0 Å². The minimum Gasteiger partial charge on any atom is -0.809 e. The topological polar surface area (TPSA) is 92.3 Å². The van der Waals surface area contributed by atoms with Gasteiger partial charge in [0.05, 0.1) is 5.78 Å². The van der Waals surface area contributed by atoms with E-state index in [9.17, 15) is 19.1 Å². The van der Waals surface area contributed by atoms with Gasteiger partial charge in [0.1, 0.15) is 0 Å². The van der Waals surface area contributed by atoms with Crippen LogP contribution in [0.1, 0.15) is 20.8 Å². The van der Waals surface area contributed by atoms with Gasteiger partial charge >= 0.3 is 0 Å². The van der Waals surface area contributed by atoms with Crippen LogP contribution in [-0.2, 0) is 9.36 Å². The Hall–Kier alpha value is -0.380. The van der Waals surface area contributed by atoms with Crippen molar-refractivity contribution in [2.75, 3.05) is 0 Å². The zero-order valence-corrected chi connectivity index (χ0v) is 8.13. The molecule has 0 heterocycles. The second kappa shape index (κ2) is 4.03. The Morgan fingerprint density at radius 3 is 1.92 bits per heavy atom. The molecule has 1 atom stereocenters. The average Bonchev–Trinajstić information content (AvgIpc) is 1.79. The highest BCUT2D eigenvalue weighted by molar-refractivity contribution is 7.49. The maximum atomic E-state index is 10.6. The number of nitrogens with one attached hydrogen (secondary N) is 1. The van der Waals surface area contributed by atoms with Gasteiger partial charge in [-0.3, -0.25) is 4.79 Å². The van der Waals surface area contributed by atoms with Crippen molar-refractivity contribution in [3.8, 4) is 0 Å². The molecule has 0 aliphatic heterocycles. The first-order valence-corrected chi connectivity index (χ1v) is 5.15. The number of hydrogen-bond donors (Lipinski definition) is 1. The lowest BCUT2D eigenvalue weighted by molar-refractivity contribution is -0.318. The maximum Gasteiger partial charge on any atom is 0.217 e. The lowest BCUT2D eigenvalue weighted by Gasteiger charge is -2.40. The van der Waals surface area contributed by atoms with Crippen LogP contribution in [0.5, 0.6) is 0 Å². The SMILES string of the molecule is CC(=O)N[C@H](C(C)C)P(=O)([O-])[O-]. The van der Waals surface area contributed by atoms with E-state index in [1.807, 2.05) is 0 Å². The zero-order valence-electron chi connectivity index (χ0n) is 7.23. The van der Waals surface area contributed by atoms with E-state index >= 15 is 0 Å². The fourth-order valence-corrected chi connectivity index (χ4v) is 1.89. The van der Waals surface area contributed by atoms with Crippen molar-refractivity contribution in [3.63, 3.8) is 0 Å². The van der Waals surface area contributed by atoms with E-state index in [1.165, 1.54) is 6.92 Å². The summed E-state index contributed by atoms with van der Waals surface area (Å²) in [6.07, 6.45) is 0. The van der Waals surface area contributed by atoms with E-state index in [0.29, 0.717) is 0 Å². The van der Waals surface area contributed by atoms with Gasteiger partial charge in [0, 0.05) is 6.92 Å². The van der Waals surface area contributed by atoms with E-state index < -0.39 is 25.2 Å². The quantitative estimate of drug-likeness (QED) is 0.583. The molecular weight excluding hydrogens is 181 g/mol. The van der Waals surface area contributed by atoms with E-state index in [-0.39, 0.29) is 0 Å². The lowest BCUT2D eigenvalue weighted by Crippen LogP contribution is -2.43. The molecular formula is C6H12NO4P-2. The summed E-state index contributed by atoms with van der Waals surface area (Å²) in [6, 6.07) is 0. The first-order valence-electron chi connectivity index (χ1n) is 3.54. The molecule has 0 aromatic rings. The Bertz CT molecular complexity index is 210. The molecule has 0 spiro atoms. The molecule has 0 radical (unpaired) electrons. The van der Waals surface area contributed by atoms with Crippen LogP contribution in [-0.4, -0.2) is 11.7 Å². The van der Waals surface area contributed by atoms with E-state index in [2.05, 4.69) is 5.32 Å². The molecule has 0 aliphatic rings. The van der Waals surface area contributed by atoms with Crippen LogP contribution in [0, 0.1) is 5.92 Å². The van der Waals surface area contributed by atoms with Gasteiger partial charge in [0.2, 0.25) is 5.91 Å². The first kappa shape index (κ1) is 11.6. The summed E-state index contributed by atoms with van der Waals surface area (Å²) < 4.78 is 10.6. The summed E-state index contributed by atoms with van der Waals surface area (Å²) in [5, 5.41) is 2.09. The maximum absolute atomic E-state index is 10.6. The normalized spacial score (nSPS) is 14.5. The van der Waals surface area contributed by atoms with Crippen LogP contribution in [0.3, 0.4) is 0 Å². The summed E-state index contributed by atoms with van der Waals surface area (Å²) >= 11 is 0. The smallest absolute Gasteiger partial charge is 0.217 e. The van der Waals surface area contributed by atoms with Crippen LogP contribution in [0.2, 0.25) is 0 Å². The number of carbonyl (C=O) groups excluding carboxylic acids is 1. The predicted molar refractivity (Wildman–Crippen MR) is 40.0 cm³/mol. The molecule has 0 aromatic heterocycles. The molecule has 6 heteroatoms. The van der Waals surface area contributed by atoms with Crippen molar-refractivity contribution in [1.29, 1.82) is 0 Å². The van der Waals surface area contributed by atoms with Gasteiger partial charge < -0.3 is 19.7 Å². The molecule has 0 aromatic carbocycles. The molecule has 5 nitrogen and oxygen atoms in total. The van der Waals surface area contributed by atoms with Gasteiger partial charge in [-0.15, -0.1) is 0 Å². The molecule has 72 valence electrons. The number of amides is 1. The molecule has 0 fully saturated rings. The Kier molecular flexibility index (Phi) is 3.90. The van der Waals surface area contributed by atoms with E-state index in [4.69, 9.17) is 0 Å². The lowest BCUT2D eigenvalue weighted by atomic mass is 10.2. The summed E-state index contributed by atoms with van der Waals surface area (Å²) in [5.74, 6) is -2.22. The van der Waals surface area contributed by atoms with Gasteiger partial charge in [0.15, 0.2) is 0 Å². The molecule has 1 N–H and O–H groups in total. The predicted octanol–water partition coefficient (Wildman–Crippen LogP) is -0.982. The van der Waals surface area contributed by atoms with Crippen LogP contribution < -0.4 is 15.1 Å². The highest BCUT2D eigenvalue weighted by atomic mass is 31.2. The second-order valence-electron chi connectivity index (χ2n) is 2.93. The van der Waals surface area contributed by atoms with Crippen molar-refractivity contribution in [3.05, 3.63) is 0 Å². The first-order chi connectivity index (χ1) is 5.25. The van der Waals surface area contributed by atoms with Gasteiger partial charge in [-0.1, -0.05) is 13.8 Å². The third-order valence-corrected chi connectivity index (χ3v) is 2.73. The van der Waals surface area contributed by atoms with Crippen molar-refractivity contribution >= 4 is 13.5 Å². The van der Waals surface area contributed by atoms with Crippen LogP contribution >= 0.6 is 7.60 Å². The average molecular weight is 193 g/mol. The standard InChI is InChI=1S/C6H14NO4P/c1-4(2)6(7-5(3)8)12(9,10)11/h4,6H,1-3H3,(H,7,8)(H2,9,10,11)/p-2/t6-/m0/s1. The summed E-state index contributed by atoms with van der Waals surface area (Å²) in [6.45, 7) is 4.29. The molecule has 0 unspecified atom stereocenters. The number of rotatable bonds is 3.